The Kier molecular flexibility index (Phi) is 2.90. The van der Waals surface area contributed by atoms with Gasteiger partial charge in [-0.1, -0.05) is 6.08 Å². The van der Waals surface area contributed by atoms with Gasteiger partial charge in [0.25, 0.3) is 0 Å². The molecule has 1 unspecified atom stereocenters. The molecule has 0 saturated carbocycles. The zero-order valence-corrected chi connectivity index (χ0v) is 8.13. The molecule has 1 saturated heterocycles. The monoisotopic (exact) mass is 167 g/mol. The zero-order chi connectivity index (χ0) is 9.14. The maximum Gasteiger partial charge on any atom is 0.249 e. The van der Waals surface area contributed by atoms with Crippen LogP contribution in [0.1, 0.15) is 33.6 Å². The first-order valence-electron chi connectivity index (χ1n) is 4.60. The molecule has 2 nitrogen and oxygen atoms in total. The van der Waals surface area contributed by atoms with Crippen LogP contribution in [0.4, 0.5) is 0 Å². The Bertz CT molecular complexity index is 208. The average Bonchev–Trinajstić information content (AvgIpc) is 2.48. The van der Waals surface area contributed by atoms with Crippen LogP contribution in [0.15, 0.2) is 11.6 Å². The Morgan fingerprint density at radius 3 is 2.67 bits per heavy atom. The number of nitrogens with zero attached hydrogens (tertiary/aromatic N) is 1. The van der Waals surface area contributed by atoms with Gasteiger partial charge in [-0.05, 0) is 33.6 Å². The van der Waals surface area contributed by atoms with Crippen LogP contribution < -0.4 is 0 Å². The van der Waals surface area contributed by atoms with Crippen molar-refractivity contribution in [1.82, 2.24) is 4.90 Å². The van der Waals surface area contributed by atoms with Gasteiger partial charge in [0.05, 0.1) is 0 Å². The molecule has 1 fully saturated rings. The molecule has 0 bridgehead atoms. The van der Waals surface area contributed by atoms with Crippen molar-refractivity contribution in [3.8, 4) is 0 Å². The van der Waals surface area contributed by atoms with Gasteiger partial charge in [0.2, 0.25) is 5.91 Å². The Labute approximate surface area is 74.2 Å². The molecule has 1 atom stereocenters. The highest BCUT2D eigenvalue weighted by molar-refractivity contribution is 5.93. The van der Waals surface area contributed by atoms with Crippen LogP contribution >= 0.6 is 0 Å². The van der Waals surface area contributed by atoms with Crippen molar-refractivity contribution in [1.29, 1.82) is 0 Å². The minimum Gasteiger partial charge on any atom is -0.336 e. The summed E-state index contributed by atoms with van der Waals surface area (Å²) < 4.78 is 0. The summed E-state index contributed by atoms with van der Waals surface area (Å²) in [7, 11) is 0. The van der Waals surface area contributed by atoms with Crippen LogP contribution in [0.3, 0.4) is 0 Å². The predicted octanol–water partition coefficient (Wildman–Crippen LogP) is 1.96. The maximum absolute atomic E-state index is 11.6. The largest absolute Gasteiger partial charge is 0.336 e. The molecule has 0 aromatic rings. The van der Waals surface area contributed by atoms with E-state index in [1.807, 2.05) is 24.8 Å². The topological polar surface area (TPSA) is 20.3 Å². The van der Waals surface area contributed by atoms with Crippen LogP contribution in [0.2, 0.25) is 0 Å². The van der Waals surface area contributed by atoms with Crippen molar-refractivity contribution in [2.24, 2.45) is 0 Å². The number of rotatable bonds is 1. The van der Waals surface area contributed by atoms with Crippen molar-refractivity contribution >= 4 is 5.91 Å². The minimum atomic E-state index is 0.211. The lowest BCUT2D eigenvalue weighted by atomic mass is 10.2. The first-order valence-corrected chi connectivity index (χ1v) is 4.60. The second-order valence-corrected chi connectivity index (χ2v) is 3.46. The molecule has 1 amide bonds. The minimum absolute atomic E-state index is 0.211. The Morgan fingerprint density at radius 2 is 2.25 bits per heavy atom. The third-order valence-corrected chi connectivity index (χ3v) is 2.58. The molecular weight excluding hydrogens is 150 g/mol. The van der Waals surface area contributed by atoms with Crippen molar-refractivity contribution < 1.29 is 4.79 Å². The summed E-state index contributed by atoms with van der Waals surface area (Å²) in [6, 6.07) is 0.437. The summed E-state index contributed by atoms with van der Waals surface area (Å²) >= 11 is 0. The quantitative estimate of drug-likeness (QED) is 0.547. The smallest absolute Gasteiger partial charge is 0.249 e. The van der Waals surface area contributed by atoms with E-state index in [2.05, 4.69) is 6.92 Å². The van der Waals surface area contributed by atoms with E-state index >= 15 is 0 Å². The molecule has 0 radical (unpaired) electrons. The third kappa shape index (κ3) is 1.68. The van der Waals surface area contributed by atoms with Gasteiger partial charge in [-0.15, -0.1) is 0 Å². The lowest BCUT2D eigenvalue weighted by Gasteiger charge is -2.21. The lowest BCUT2D eigenvalue weighted by molar-refractivity contribution is -0.127. The summed E-state index contributed by atoms with van der Waals surface area (Å²) in [4.78, 5) is 13.6. The highest BCUT2D eigenvalue weighted by atomic mass is 16.2. The van der Waals surface area contributed by atoms with Gasteiger partial charge in [-0.3, -0.25) is 4.79 Å². The third-order valence-electron chi connectivity index (χ3n) is 2.58. The predicted molar refractivity (Wildman–Crippen MR) is 49.8 cm³/mol. The van der Waals surface area contributed by atoms with Crippen LogP contribution in [-0.4, -0.2) is 23.4 Å². The average molecular weight is 167 g/mol. The normalized spacial score (nSPS) is 24.8. The molecule has 0 aromatic carbocycles. The van der Waals surface area contributed by atoms with E-state index < -0.39 is 0 Å². The van der Waals surface area contributed by atoms with E-state index in [0.29, 0.717) is 6.04 Å². The lowest BCUT2D eigenvalue weighted by Crippen LogP contribution is -2.34. The van der Waals surface area contributed by atoms with Gasteiger partial charge in [0.1, 0.15) is 0 Å². The van der Waals surface area contributed by atoms with Crippen LogP contribution in [0, 0.1) is 0 Å². The van der Waals surface area contributed by atoms with E-state index in [-0.39, 0.29) is 5.91 Å². The fraction of sp³-hybridized carbons (Fsp3) is 0.700. The summed E-state index contributed by atoms with van der Waals surface area (Å²) in [5.41, 5.74) is 0.865. The number of amides is 1. The number of hydrogen-bond acceptors (Lipinski definition) is 1. The first kappa shape index (κ1) is 9.30. The van der Waals surface area contributed by atoms with Gasteiger partial charge in [0.15, 0.2) is 0 Å². The molecule has 2 heteroatoms. The highest BCUT2D eigenvalue weighted by Gasteiger charge is 2.25. The summed E-state index contributed by atoms with van der Waals surface area (Å²) in [5.74, 6) is 0.211. The van der Waals surface area contributed by atoms with E-state index in [0.717, 1.165) is 25.0 Å². The Hall–Kier alpha value is -0.790. The van der Waals surface area contributed by atoms with Crippen LogP contribution in [0.5, 0.6) is 0 Å². The van der Waals surface area contributed by atoms with Crippen molar-refractivity contribution in [2.45, 2.75) is 39.7 Å². The summed E-state index contributed by atoms with van der Waals surface area (Å²) in [5, 5.41) is 0. The number of carbonyl (C=O) groups excluding carboxylic acids is 1. The molecular formula is C10H17NO. The number of likely N-dealkylation sites (tertiary alicyclic amines) is 1. The van der Waals surface area contributed by atoms with Crippen molar-refractivity contribution in [3.05, 3.63) is 11.6 Å². The molecule has 0 spiro atoms. The number of carbonyl (C=O) groups is 1. The first-order chi connectivity index (χ1) is 5.66. The fourth-order valence-corrected chi connectivity index (χ4v) is 1.58. The second kappa shape index (κ2) is 3.74. The second-order valence-electron chi connectivity index (χ2n) is 3.46. The Balaban J connectivity index is 2.64. The molecule has 12 heavy (non-hydrogen) atoms. The van der Waals surface area contributed by atoms with Gasteiger partial charge in [0, 0.05) is 18.2 Å². The molecule has 1 rings (SSSR count). The van der Waals surface area contributed by atoms with Crippen LogP contribution in [0.25, 0.3) is 0 Å². The molecule has 0 N–H and O–H groups in total. The molecule has 68 valence electrons. The zero-order valence-electron chi connectivity index (χ0n) is 8.13. The van der Waals surface area contributed by atoms with E-state index in [1.165, 1.54) is 0 Å². The highest BCUT2D eigenvalue weighted by Crippen LogP contribution is 2.18. The van der Waals surface area contributed by atoms with Gasteiger partial charge in [-0.2, -0.15) is 0 Å². The fourth-order valence-electron chi connectivity index (χ4n) is 1.58. The summed E-state index contributed by atoms with van der Waals surface area (Å²) in [6.45, 7) is 6.85. The van der Waals surface area contributed by atoms with Crippen molar-refractivity contribution in [2.75, 3.05) is 6.54 Å². The number of allylic oxidation sites excluding steroid dienone is 1. The van der Waals surface area contributed by atoms with E-state index in [9.17, 15) is 4.79 Å². The van der Waals surface area contributed by atoms with Gasteiger partial charge in [-0.25, -0.2) is 0 Å². The van der Waals surface area contributed by atoms with E-state index in [1.54, 1.807) is 0 Å². The maximum atomic E-state index is 11.6. The van der Waals surface area contributed by atoms with Gasteiger partial charge < -0.3 is 4.90 Å². The van der Waals surface area contributed by atoms with Gasteiger partial charge >= 0.3 is 0 Å². The summed E-state index contributed by atoms with van der Waals surface area (Å²) in [6.07, 6.45) is 4.19. The van der Waals surface area contributed by atoms with Crippen molar-refractivity contribution in [3.63, 3.8) is 0 Å². The van der Waals surface area contributed by atoms with Crippen LogP contribution in [-0.2, 0) is 4.79 Å². The van der Waals surface area contributed by atoms with E-state index in [4.69, 9.17) is 0 Å². The Morgan fingerprint density at radius 1 is 1.58 bits per heavy atom. The molecule has 1 aliphatic heterocycles. The molecule has 1 aliphatic rings. The molecule has 1 heterocycles. The SMILES string of the molecule is C/C=C(/C)C(=O)N1CCCC1C. The molecule has 0 aromatic heterocycles. The number of hydrogen-bond donors (Lipinski definition) is 0. The standard InChI is InChI=1S/C10H17NO/c1-4-8(2)10(12)11-7-5-6-9(11)3/h4,9H,5-7H2,1-3H3/b8-4-. The molecule has 0 aliphatic carbocycles.